The van der Waals surface area contributed by atoms with Crippen LogP contribution in [-0.2, 0) is 19.1 Å². The van der Waals surface area contributed by atoms with Gasteiger partial charge in [0.1, 0.15) is 5.75 Å². The Balaban J connectivity index is 1.23. The molecule has 2 aromatic rings. The molecule has 4 rings (SSSR count). The van der Waals surface area contributed by atoms with Crippen molar-refractivity contribution in [3.63, 3.8) is 0 Å². The standard InChI is InChI=1S/C21H25N5O5S2/c1-30-15-6-4-14(5-7-15)26-11-13(9-18(26)28)19(29)23-20-24-25-21(33-20)32-12-17(27)22-10-16-3-2-8-31-16/h4-7,13,16H,2-3,8-12H2,1H3,(H,22,27)(H,23,24,29)/t13-,16-/m1/s1. The highest BCUT2D eigenvalue weighted by molar-refractivity contribution is 8.01. The lowest BCUT2D eigenvalue weighted by Gasteiger charge is -2.16. The van der Waals surface area contributed by atoms with Gasteiger partial charge in [0.05, 0.1) is 24.9 Å². The minimum atomic E-state index is -0.483. The van der Waals surface area contributed by atoms with Crippen LogP contribution in [0.15, 0.2) is 28.6 Å². The number of hydrogen-bond acceptors (Lipinski definition) is 9. The number of ether oxygens (including phenoxy) is 2. The lowest BCUT2D eigenvalue weighted by molar-refractivity contribution is -0.122. The van der Waals surface area contributed by atoms with Crippen LogP contribution in [0.2, 0.25) is 0 Å². The van der Waals surface area contributed by atoms with Gasteiger partial charge in [-0.1, -0.05) is 23.1 Å². The summed E-state index contributed by atoms with van der Waals surface area (Å²) in [5, 5.41) is 13.9. The lowest BCUT2D eigenvalue weighted by atomic mass is 10.1. The number of carbonyl (C=O) groups is 3. The Morgan fingerprint density at radius 1 is 1.30 bits per heavy atom. The Kier molecular flexibility index (Phi) is 7.78. The Morgan fingerprint density at radius 3 is 2.85 bits per heavy atom. The Morgan fingerprint density at radius 2 is 2.12 bits per heavy atom. The van der Waals surface area contributed by atoms with Crippen molar-refractivity contribution >= 4 is 51.6 Å². The topological polar surface area (TPSA) is 123 Å². The highest BCUT2D eigenvalue weighted by Gasteiger charge is 2.35. The molecule has 2 aliphatic rings. The van der Waals surface area contributed by atoms with E-state index in [0.29, 0.717) is 28.3 Å². The zero-order valence-corrected chi connectivity index (χ0v) is 19.7. The second-order valence-corrected chi connectivity index (χ2v) is 9.89. The van der Waals surface area contributed by atoms with Crippen LogP contribution in [0.4, 0.5) is 10.8 Å². The van der Waals surface area contributed by atoms with Gasteiger partial charge in [-0.15, -0.1) is 10.2 Å². The van der Waals surface area contributed by atoms with Crippen molar-refractivity contribution in [2.24, 2.45) is 5.92 Å². The minimum absolute atomic E-state index is 0.0978. The van der Waals surface area contributed by atoms with E-state index >= 15 is 0 Å². The first-order valence-electron chi connectivity index (χ1n) is 10.6. The van der Waals surface area contributed by atoms with Gasteiger partial charge < -0.3 is 25.0 Å². The van der Waals surface area contributed by atoms with Crippen LogP contribution in [-0.4, -0.2) is 66.6 Å². The van der Waals surface area contributed by atoms with E-state index in [1.165, 1.54) is 23.1 Å². The summed E-state index contributed by atoms with van der Waals surface area (Å²) in [5.41, 5.74) is 0.725. The predicted octanol–water partition coefficient (Wildman–Crippen LogP) is 1.93. The second-order valence-electron chi connectivity index (χ2n) is 7.69. The Labute approximate surface area is 199 Å². The molecule has 2 aliphatic heterocycles. The van der Waals surface area contributed by atoms with Crippen molar-refractivity contribution in [2.75, 3.05) is 42.8 Å². The van der Waals surface area contributed by atoms with E-state index in [4.69, 9.17) is 9.47 Å². The van der Waals surface area contributed by atoms with Crippen molar-refractivity contribution in [3.8, 4) is 5.75 Å². The molecule has 176 valence electrons. The van der Waals surface area contributed by atoms with Crippen molar-refractivity contribution in [3.05, 3.63) is 24.3 Å². The van der Waals surface area contributed by atoms with E-state index < -0.39 is 5.92 Å². The molecule has 2 saturated heterocycles. The van der Waals surface area contributed by atoms with Gasteiger partial charge in [0.2, 0.25) is 22.9 Å². The van der Waals surface area contributed by atoms with E-state index in [0.717, 1.165) is 25.1 Å². The minimum Gasteiger partial charge on any atom is -0.497 e. The molecule has 0 bridgehead atoms. The molecule has 0 aliphatic carbocycles. The average Bonchev–Trinajstić information content (AvgIpc) is 3.58. The van der Waals surface area contributed by atoms with Crippen molar-refractivity contribution in [2.45, 2.75) is 29.7 Å². The number of nitrogens with one attached hydrogen (secondary N) is 2. The molecular weight excluding hydrogens is 466 g/mol. The van der Waals surface area contributed by atoms with Crippen LogP contribution in [0.3, 0.4) is 0 Å². The summed E-state index contributed by atoms with van der Waals surface area (Å²) >= 11 is 2.46. The van der Waals surface area contributed by atoms with Crippen LogP contribution in [0.5, 0.6) is 5.75 Å². The third kappa shape index (κ3) is 6.21. The maximum atomic E-state index is 12.7. The first-order chi connectivity index (χ1) is 16.0. The first kappa shape index (κ1) is 23.5. The highest BCUT2D eigenvalue weighted by atomic mass is 32.2. The molecular formula is C21H25N5O5S2. The van der Waals surface area contributed by atoms with Crippen LogP contribution in [0.1, 0.15) is 19.3 Å². The van der Waals surface area contributed by atoms with E-state index in [2.05, 4.69) is 20.8 Å². The van der Waals surface area contributed by atoms with Crippen molar-refractivity contribution in [1.29, 1.82) is 0 Å². The maximum absolute atomic E-state index is 12.7. The molecule has 2 atom stereocenters. The number of methoxy groups -OCH3 is 1. The molecule has 0 spiro atoms. The molecule has 33 heavy (non-hydrogen) atoms. The van der Waals surface area contributed by atoms with Gasteiger partial charge in [0, 0.05) is 31.8 Å². The number of carbonyl (C=O) groups excluding carboxylic acids is 3. The fraction of sp³-hybridized carbons (Fsp3) is 0.476. The maximum Gasteiger partial charge on any atom is 0.231 e. The Hall–Kier alpha value is -2.70. The normalized spacial score (nSPS) is 20.2. The van der Waals surface area contributed by atoms with Crippen LogP contribution >= 0.6 is 23.1 Å². The van der Waals surface area contributed by atoms with Gasteiger partial charge in [-0.2, -0.15) is 0 Å². The highest BCUT2D eigenvalue weighted by Crippen LogP contribution is 2.29. The van der Waals surface area contributed by atoms with Crippen LogP contribution < -0.4 is 20.3 Å². The number of amides is 3. The number of thioether (sulfide) groups is 1. The predicted molar refractivity (Wildman–Crippen MR) is 125 cm³/mol. The average molecular weight is 492 g/mol. The molecule has 2 fully saturated rings. The van der Waals surface area contributed by atoms with Crippen LogP contribution in [0, 0.1) is 5.92 Å². The summed E-state index contributed by atoms with van der Waals surface area (Å²) in [5.74, 6) is -0.0554. The summed E-state index contributed by atoms with van der Waals surface area (Å²) in [6.07, 6.45) is 2.23. The SMILES string of the molecule is COc1ccc(N2C[C@H](C(=O)Nc3nnc(SCC(=O)NC[C@H]4CCCO4)s3)CC2=O)cc1. The van der Waals surface area contributed by atoms with Crippen molar-refractivity contribution in [1.82, 2.24) is 15.5 Å². The van der Waals surface area contributed by atoms with Gasteiger partial charge in [-0.05, 0) is 37.1 Å². The summed E-state index contributed by atoms with van der Waals surface area (Å²) in [6.45, 7) is 1.57. The van der Waals surface area contributed by atoms with E-state index in [9.17, 15) is 14.4 Å². The second kappa shape index (κ2) is 10.9. The molecule has 0 unspecified atom stereocenters. The summed E-state index contributed by atoms with van der Waals surface area (Å²) in [7, 11) is 1.58. The fourth-order valence-corrected chi connectivity index (χ4v) is 5.22. The van der Waals surface area contributed by atoms with E-state index in [-0.39, 0.29) is 36.0 Å². The summed E-state index contributed by atoms with van der Waals surface area (Å²) in [6, 6.07) is 7.14. The number of aromatic nitrogens is 2. The quantitative estimate of drug-likeness (QED) is 0.403. The molecule has 1 aromatic carbocycles. The van der Waals surface area contributed by atoms with Crippen molar-refractivity contribution < 1.29 is 23.9 Å². The first-order valence-corrected chi connectivity index (χ1v) is 12.4. The van der Waals surface area contributed by atoms with Gasteiger partial charge in [0.25, 0.3) is 0 Å². The molecule has 10 nitrogen and oxygen atoms in total. The molecule has 1 aromatic heterocycles. The number of anilines is 2. The van der Waals surface area contributed by atoms with Gasteiger partial charge in [0.15, 0.2) is 4.34 Å². The number of rotatable bonds is 9. The smallest absolute Gasteiger partial charge is 0.231 e. The monoisotopic (exact) mass is 491 g/mol. The van der Waals surface area contributed by atoms with Gasteiger partial charge >= 0.3 is 0 Å². The lowest BCUT2D eigenvalue weighted by Crippen LogP contribution is -2.32. The fourth-order valence-electron chi connectivity index (χ4n) is 3.63. The molecule has 3 amide bonds. The van der Waals surface area contributed by atoms with E-state index in [1.54, 1.807) is 36.3 Å². The molecule has 2 N–H and O–H groups in total. The third-order valence-electron chi connectivity index (χ3n) is 5.39. The Bertz CT molecular complexity index is 993. The molecule has 0 saturated carbocycles. The molecule has 3 heterocycles. The summed E-state index contributed by atoms with van der Waals surface area (Å²) in [4.78, 5) is 38.7. The van der Waals surface area contributed by atoms with Crippen LogP contribution in [0.25, 0.3) is 0 Å². The van der Waals surface area contributed by atoms with E-state index in [1.807, 2.05) is 0 Å². The zero-order chi connectivity index (χ0) is 23.2. The van der Waals surface area contributed by atoms with Gasteiger partial charge in [-0.3, -0.25) is 14.4 Å². The largest absolute Gasteiger partial charge is 0.497 e. The number of hydrogen-bond donors (Lipinski definition) is 2. The third-order valence-corrected chi connectivity index (χ3v) is 7.37. The van der Waals surface area contributed by atoms with Gasteiger partial charge in [-0.25, -0.2) is 0 Å². The molecule has 12 heteroatoms. The zero-order valence-electron chi connectivity index (χ0n) is 18.1. The molecule has 0 radical (unpaired) electrons. The summed E-state index contributed by atoms with van der Waals surface area (Å²) < 4.78 is 11.2. The number of nitrogens with zero attached hydrogens (tertiary/aromatic N) is 3. The number of benzene rings is 1.